The standard InChI is InChI=1S/C21H15N3O4/c22-19(26)12-6-7-13(20(23)27)14(10-12)21-24-18-16(28-21)9-8-15(25)17(18)11-4-2-1-3-5-11/h1-10,25H,(H2,22,26)(H2,23,27). The van der Waals surface area contributed by atoms with Crippen molar-refractivity contribution in [2.45, 2.75) is 0 Å². The van der Waals surface area contributed by atoms with E-state index >= 15 is 0 Å². The second kappa shape index (κ2) is 6.55. The molecule has 0 atom stereocenters. The third kappa shape index (κ3) is 2.84. The summed E-state index contributed by atoms with van der Waals surface area (Å²) in [5.41, 5.74) is 13.5. The van der Waals surface area contributed by atoms with E-state index in [2.05, 4.69) is 4.98 Å². The van der Waals surface area contributed by atoms with Crippen LogP contribution in [0.15, 0.2) is 65.1 Å². The maximum Gasteiger partial charge on any atom is 0.249 e. The van der Waals surface area contributed by atoms with Gasteiger partial charge < -0.3 is 21.0 Å². The lowest BCUT2D eigenvalue weighted by molar-refractivity contribution is 0.0988. The van der Waals surface area contributed by atoms with Crippen molar-refractivity contribution in [3.05, 3.63) is 71.8 Å². The molecule has 0 saturated carbocycles. The summed E-state index contributed by atoms with van der Waals surface area (Å²) in [5.74, 6) is -1.22. The number of carbonyl (C=O) groups is 2. The van der Waals surface area contributed by atoms with Gasteiger partial charge in [0.2, 0.25) is 17.7 Å². The summed E-state index contributed by atoms with van der Waals surface area (Å²) in [4.78, 5) is 27.9. The molecule has 0 unspecified atom stereocenters. The van der Waals surface area contributed by atoms with Gasteiger partial charge >= 0.3 is 0 Å². The molecule has 3 aromatic carbocycles. The zero-order valence-electron chi connectivity index (χ0n) is 14.5. The maximum atomic E-state index is 11.8. The number of carbonyl (C=O) groups excluding carboxylic acids is 2. The van der Waals surface area contributed by atoms with Gasteiger partial charge in [0, 0.05) is 5.56 Å². The molecule has 7 nitrogen and oxygen atoms in total. The van der Waals surface area contributed by atoms with Crippen LogP contribution in [0.5, 0.6) is 5.75 Å². The summed E-state index contributed by atoms with van der Waals surface area (Å²) in [5, 5.41) is 10.4. The summed E-state index contributed by atoms with van der Waals surface area (Å²) in [6.07, 6.45) is 0. The van der Waals surface area contributed by atoms with Gasteiger partial charge in [-0.15, -0.1) is 0 Å². The SMILES string of the molecule is NC(=O)c1ccc(C(N)=O)c(-c2nc3c(-c4ccccc4)c(O)ccc3o2)c1. The first kappa shape index (κ1) is 17.3. The number of amides is 2. The van der Waals surface area contributed by atoms with Crippen molar-refractivity contribution in [3.63, 3.8) is 0 Å². The van der Waals surface area contributed by atoms with Crippen molar-refractivity contribution in [1.29, 1.82) is 0 Å². The van der Waals surface area contributed by atoms with Crippen molar-refractivity contribution < 1.29 is 19.1 Å². The van der Waals surface area contributed by atoms with E-state index in [1.807, 2.05) is 30.3 Å². The van der Waals surface area contributed by atoms with Gasteiger partial charge in [-0.25, -0.2) is 4.98 Å². The number of oxazole rings is 1. The van der Waals surface area contributed by atoms with Crippen molar-refractivity contribution in [2.75, 3.05) is 0 Å². The molecular weight excluding hydrogens is 358 g/mol. The second-order valence-corrected chi connectivity index (χ2v) is 6.18. The van der Waals surface area contributed by atoms with E-state index in [-0.39, 0.29) is 28.3 Å². The predicted molar refractivity (Wildman–Crippen MR) is 104 cm³/mol. The van der Waals surface area contributed by atoms with Crippen LogP contribution in [0.2, 0.25) is 0 Å². The number of aromatic nitrogens is 1. The highest BCUT2D eigenvalue weighted by molar-refractivity contribution is 6.03. The molecule has 28 heavy (non-hydrogen) atoms. The summed E-state index contributed by atoms with van der Waals surface area (Å²) >= 11 is 0. The Bertz CT molecular complexity index is 1230. The molecular formula is C21H15N3O4. The number of hydrogen-bond acceptors (Lipinski definition) is 5. The highest BCUT2D eigenvalue weighted by Gasteiger charge is 2.20. The van der Waals surface area contributed by atoms with Crippen LogP contribution in [0.1, 0.15) is 20.7 Å². The first-order valence-corrected chi connectivity index (χ1v) is 8.37. The lowest BCUT2D eigenvalue weighted by Gasteiger charge is -2.05. The predicted octanol–water partition coefficient (Wildman–Crippen LogP) is 3.07. The van der Waals surface area contributed by atoms with Crippen LogP contribution in [-0.4, -0.2) is 21.9 Å². The van der Waals surface area contributed by atoms with Gasteiger partial charge in [-0.05, 0) is 35.9 Å². The van der Waals surface area contributed by atoms with Crippen LogP contribution in [0.4, 0.5) is 0 Å². The van der Waals surface area contributed by atoms with E-state index in [4.69, 9.17) is 15.9 Å². The van der Waals surface area contributed by atoms with E-state index in [1.165, 1.54) is 24.3 Å². The number of hydrogen-bond donors (Lipinski definition) is 3. The van der Waals surface area contributed by atoms with Gasteiger partial charge in [-0.1, -0.05) is 30.3 Å². The molecule has 2 amide bonds. The molecule has 0 aliphatic carbocycles. The third-order valence-electron chi connectivity index (χ3n) is 4.40. The molecule has 0 spiro atoms. The van der Waals surface area contributed by atoms with Crippen molar-refractivity contribution in [3.8, 4) is 28.3 Å². The first-order valence-electron chi connectivity index (χ1n) is 8.37. The Hall–Kier alpha value is -4.13. The van der Waals surface area contributed by atoms with E-state index in [0.29, 0.717) is 16.7 Å². The number of rotatable bonds is 4. The molecule has 0 fully saturated rings. The fourth-order valence-corrected chi connectivity index (χ4v) is 3.08. The monoisotopic (exact) mass is 373 g/mol. The normalized spacial score (nSPS) is 10.9. The number of nitrogens with two attached hydrogens (primary N) is 2. The molecule has 0 saturated heterocycles. The summed E-state index contributed by atoms with van der Waals surface area (Å²) < 4.78 is 5.81. The van der Waals surface area contributed by atoms with Crippen LogP contribution in [0.3, 0.4) is 0 Å². The highest BCUT2D eigenvalue weighted by Crippen LogP contribution is 2.38. The Balaban J connectivity index is 1.98. The number of aromatic hydroxyl groups is 1. The first-order chi connectivity index (χ1) is 13.5. The minimum atomic E-state index is -0.695. The molecule has 5 N–H and O–H groups in total. The minimum Gasteiger partial charge on any atom is -0.507 e. The molecule has 0 aliphatic rings. The minimum absolute atomic E-state index is 0.0413. The maximum absolute atomic E-state index is 11.8. The van der Waals surface area contributed by atoms with E-state index in [0.717, 1.165) is 5.56 Å². The average Bonchev–Trinajstić information content (AvgIpc) is 3.12. The number of nitrogens with zero attached hydrogens (tertiary/aromatic N) is 1. The molecule has 1 aromatic heterocycles. The highest BCUT2D eigenvalue weighted by atomic mass is 16.3. The van der Waals surface area contributed by atoms with Gasteiger partial charge in [0.05, 0.1) is 16.7 Å². The largest absolute Gasteiger partial charge is 0.507 e. The topological polar surface area (TPSA) is 132 Å². The van der Waals surface area contributed by atoms with Crippen molar-refractivity contribution in [1.82, 2.24) is 4.98 Å². The van der Waals surface area contributed by atoms with Gasteiger partial charge in [-0.3, -0.25) is 9.59 Å². The summed E-state index contributed by atoms with van der Waals surface area (Å²) in [6.45, 7) is 0. The Labute approximate surface area is 159 Å². The number of phenols is 1. The van der Waals surface area contributed by atoms with Crippen molar-refractivity contribution >= 4 is 22.9 Å². The lowest BCUT2D eigenvalue weighted by Crippen LogP contribution is -2.15. The summed E-state index contributed by atoms with van der Waals surface area (Å²) in [7, 11) is 0. The quantitative estimate of drug-likeness (QED) is 0.506. The van der Waals surface area contributed by atoms with Crippen molar-refractivity contribution in [2.24, 2.45) is 11.5 Å². The van der Waals surface area contributed by atoms with Crippen LogP contribution < -0.4 is 11.5 Å². The van der Waals surface area contributed by atoms with Crippen LogP contribution in [0.25, 0.3) is 33.7 Å². The van der Waals surface area contributed by atoms with E-state index in [9.17, 15) is 14.7 Å². The molecule has 7 heteroatoms. The average molecular weight is 373 g/mol. The zero-order chi connectivity index (χ0) is 19.8. The van der Waals surface area contributed by atoms with Gasteiger partial charge in [0.15, 0.2) is 5.58 Å². The number of benzene rings is 3. The number of primary amides is 2. The number of phenolic OH excluding ortho intramolecular Hbond substituents is 1. The van der Waals surface area contributed by atoms with E-state index in [1.54, 1.807) is 6.07 Å². The van der Waals surface area contributed by atoms with Gasteiger partial charge in [-0.2, -0.15) is 0 Å². The Morgan fingerprint density at radius 1 is 0.929 bits per heavy atom. The molecule has 0 bridgehead atoms. The fourth-order valence-electron chi connectivity index (χ4n) is 3.08. The Kier molecular flexibility index (Phi) is 4.04. The van der Waals surface area contributed by atoms with Crippen LogP contribution >= 0.6 is 0 Å². The molecule has 138 valence electrons. The molecule has 4 rings (SSSR count). The Morgan fingerprint density at radius 2 is 1.68 bits per heavy atom. The molecule has 1 heterocycles. The second-order valence-electron chi connectivity index (χ2n) is 6.18. The molecule has 4 aromatic rings. The molecule has 0 radical (unpaired) electrons. The van der Waals surface area contributed by atoms with Gasteiger partial charge in [0.1, 0.15) is 11.3 Å². The molecule has 0 aliphatic heterocycles. The Morgan fingerprint density at radius 3 is 2.36 bits per heavy atom. The zero-order valence-corrected chi connectivity index (χ0v) is 14.5. The smallest absolute Gasteiger partial charge is 0.249 e. The van der Waals surface area contributed by atoms with Crippen LogP contribution in [0, 0.1) is 0 Å². The third-order valence-corrected chi connectivity index (χ3v) is 4.40. The summed E-state index contributed by atoms with van der Waals surface area (Å²) in [6, 6.07) is 16.5. The lowest BCUT2D eigenvalue weighted by atomic mass is 10.0. The van der Waals surface area contributed by atoms with Crippen LogP contribution in [-0.2, 0) is 0 Å². The number of fused-ring (bicyclic) bond motifs is 1. The van der Waals surface area contributed by atoms with Gasteiger partial charge in [0.25, 0.3) is 0 Å². The van der Waals surface area contributed by atoms with E-state index < -0.39 is 11.8 Å². The fraction of sp³-hybridized carbons (Fsp3) is 0.